The van der Waals surface area contributed by atoms with Crippen molar-refractivity contribution in [3.8, 4) is 5.75 Å². The fraction of sp³-hybridized carbons (Fsp3) is 0.627. The molecule has 3 rings (SSSR count). The van der Waals surface area contributed by atoms with E-state index in [1.165, 1.54) is 41.7 Å². The lowest BCUT2D eigenvalue weighted by atomic mass is 9.97. The van der Waals surface area contributed by atoms with Gasteiger partial charge in [-0.05, 0) is 114 Å². The van der Waals surface area contributed by atoms with Crippen molar-refractivity contribution in [3.63, 3.8) is 0 Å². The van der Waals surface area contributed by atoms with Crippen LogP contribution in [0, 0.1) is 17.8 Å². The van der Waals surface area contributed by atoms with Crippen LogP contribution in [0.5, 0.6) is 5.75 Å². The van der Waals surface area contributed by atoms with E-state index in [1.807, 2.05) is 13.8 Å². The molecule has 1 aromatic carbocycles. The second-order valence-corrected chi connectivity index (χ2v) is 23.8. The number of aromatic nitrogens is 2. The monoisotopic (exact) mass is 1300 g/mol. The topological polar surface area (TPSA) is 557 Å². The molecule has 4 unspecified atom stereocenters. The molecule has 1 aliphatic rings. The number of carbonyl (C=O) groups excluding carboxylic acids is 10. The Morgan fingerprint density at radius 2 is 1.11 bits per heavy atom. The Kier molecular flexibility index (Phi) is 32.8. The summed E-state index contributed by atoms with van der Waals surface area (Å²) < 4.78 is 0. The van der Waals surface area contributed by atoms with E-state index in [0.29, 0.717) is 36.9 Å². The summed E-state index contributed by atoms with van der Waals surface area (Å²) in [5, 5.41) is 51.5. The maximum atomic E-state index is 14.5. The van der Waals surface area contributed by atoms with Crippen molar-refractivity contribution >= 4 is 77.0 Å². The molecule has 0 bridgehead atoms. The summed E-state index contributed by atoms with van der Waals surface area (Å²) in [6, 6.07) is -7.65. The summed E-state index contributed by atoms with van der Waals surface area (Å²) in [5.41, 5.74) is 34.1. The third-order valence-corrected chi connectivity index (χ3v) is 14.9. The van der Waals surface area contributed by atoms with Gasteiger partial charge in [0.05, 0.1) is 18.9 Å². The maximum Gasteiger partial charge on any atom is 0.305 e. The Balaban J connectivity index is 1.94. The standard InChI is InChI=1S/C59H97N19O14/c1-31(2)24-33(5)49(84)72-40(14-10-22-68-59(64)65)57(92)78-23-11-15-45(78)55(90)75-43(27-36-29-66-30-69-36)54(89)77-47(34(6)79)56(91)76-44(28-46(81)82)53(88)70-38(12-7-8-20-60)51(86)74-42(26-35-16-18-37(80)19-17-35)52(87)71-39(13-9-21-67-58(62)63)50(85)73-41(48(61)83)25-32(3)4/h16-19,29-34,38-45,47,79-80H,7-15,20-28,60H2,1-6H3,(H2,61,83)(H,66,69)(H,70,88)(H,71,87)(H,72,84)(H,73,85)(H,74,86)(H,75,90)(H,76,91)(H,77,89)(H,81,82)(H4,62,63,67)(H4,64,65,68)/t33-,34+,38?,39?,40-,41-,42-,43?,44-,45+,47?/m0/s1. The van der Waals surface area contributed by atoms with Gasteiger partial charge in [-0.15, -0.1) is 0 Å². The predicted octanol–water partition coefficient (Wildman–Crippen LogP) is -3.92. The molecule has 33 heteroatoms. The van der Waals surface area contributed by atoms with Crippen LogP contribution in [0.25, 0.3) is 0 Å². The Morgan fingerprint density at radius 1 is 0.609 bits per heavy atom. The number of carboxylic acid groups (broad SMARTS) is 1. The second-order valence-electron chi connectivity index (χ2n) is 23.8. The molecule has 1 saturated heterocycles. The lowest BCUT2D eigenvalue weighted by Gasteiger charge is -2.31. The van der Waals surface area contributed by atoms with Crippen molar-refractivity contribution in [3.05, 3.63) is 48.0 Å². The Hall–Kier alpha value is -9.14. The van der Waals surface area contributed by atoms with E-state index in [9.17, 15) is 68.1 Å². The number of nitrogens with two attached hydrogens (primary N) is 6. The zero-order valence-corrected chi connectivity index (χ0v) is 53.3. The molecule has 1 aromatic heterocycles. The smallest absolute Gasteiger partial charge is 0.305 e. The van der Waals surface area contributed by atoms with Gasteiger partial charge in [-0.25, -0.2) is 4.98 Å². The number of carbonyl (C=O) groups is 11. The largest absolute Gasteiger partial charge is 0.508 e. The molecule has 2 heterocycles. The molecule has 1 fully saturated rings. The zero-order chi connectivity index (χ0) is 68.8. The van der Waals surface area contributed by atoms with E-state index in [1.54, 1.807) is 20.8 Å². The summed E-state index contributed by atoms with van der Waals surface area (Å²) in [5.74, 6) is -11.3. The lowest BCUT2D eigenvalue weighted by Crippen LogP contribution is -2.62. The number of phenols is 1. The second kappa shape index (κ2) is 39.2. The minimum atomic E-state index is -2.00. The summed E-state index contributed by atoms with van der Waals surface area (Å²) in [4.78, 5) is 169. The van der Waals surface area contributed by atoms with Crippen molar-refractivity contribution in [1.82, 2.24) is 57.4 Å². The number of guanidine groups is 2. The SMILES string of the molecule is CC(C)C[C@H](NC(=O)C(CCCN=C(N)N)NC(=O)[C@H](Cc1ccc(O)cc1)NC(=O)C(CCCCN)NC(=O)[C@H](CC(=O)O)NC(=O)C(NC(=O)C(Cc1cnc[nH]1)NC(=O)[C@H]1CCCN1C(=O)[C@H](CCCN=C(N)N)NC(=O)[C@@H](C)CC(C)C)[C@@H](C)O)C(N)=O. The average molecular weight is 1300 g/mol. The summed E-state index contributed by atoms with van der Waals surface area (Å²) >= 11 is 0. The first-order valence-electron chi connectivity index (χ1n) is 30.9. The number of aromatic hydroxyl groups is 1. The van der Waals surface area contributed by atoms with Gasteiger partial charge in [-0.3, -0.25) is 62.7 Å². The third kappa shape index (κ3) is 27.5. The molecular formula is C59H97N19O14. The van der Waals surface area contributed by atoms with Crippen LogP contribution in [-0.2, 0) is 65.6 Å². The third-order valence-electron chi connectivity index (χ3n) is 14.9. The predicted molar refractivity (Wildman–Crippen MR) is 338 cm³/mol. The highest BCUT2D eigenvalue weighted by Gasteiger charge is 2.41. The van der Waals surface area contributed by atoms with Gasteiger partial charge < -0.3 is 102 Å². The van der Waals surface area contributed by atoms with Crippen LogP contribution in [-0.4, -0.2) is 194 Å². The van der Waals surface area contributed by atoms with Crippen molar-refractivity contribution in [2.45, 2.75) is 192 Å². The number of aliphatic hydroxyl groups excluding tert-OH is 1. The molecule has 0 aliphatic carbocycles. The minimum absolute atomic E-state index is 0.0384. The Bertz CT molecular complexity index is 2830. The lowest BCUT2D eigenvalue weighted by molar-refractivity contribution is -0.143. The van der Waals surface area contributed by atoms with Crippen LogP contribution in [0.2, 0.25) is 0 Å². The van der Waals surface area contributed by atoms with Crippen LogP contribution in [0.1, 0.15) is 130 Å². The van der Waals surface area contributed by atoms with Gasteiger partial charge in [0.25, 0.3) is 0 Å². The van der Waals surface area contributed by atoms with Crippen LogP contribution in [0.15, 0.2) is 46.8 Å². The van der Waals surface area contributed by atoms with Crippen molar-refractivity contribution < 1.29 is 68.1 Å². The highest BCUT2D eigenvalue weighted by Crippen LogP contribution is 2.22. The molecule has 512 valence electrons. The highest BCUT2D eigenvalue weighted by atomic mass is 16.4. The molecule has 0 radical (unpaired) electrons. The number of unbranched alkanes of at least 4 members (excludes halogenated alkanes) is 1. The molecule has 10 amide bonds. The fourth-order valence-electron chi connectivity index (χ4n) is 10.2. The highest BCUT2D eigenvalue weighted by molar-refractivity contribution is 5.99. The minimum Gasteiger partial charge on any atom is -0.508 e. The van der Waals surface area contributed by atoms with Gasteiger partial charge in [-0.1, -0.05) is 46.8 Å². The number of likely N-dealkylation sites (tertiary alicyclic amines) is 1. The van der Waals surface area contributed by atoms with Crippen LogP contribution < -0.4 is 76.9 Å². The molecule has 24 N–H and O–H groups in total. The molecule has 0 spiro atoms. The number of hydrogen-bond donors (Lipinski definition) is 18. The zero-order valence-electron chi connectivity index (χ0n) is 53.3. The molecule has 1 aliphatic heterocycles. The van der Waals surface area contributed by atoms with E-state index in [0.717, 1.165) is 6.92 Å². The maximum absolute atomic E-state index is 14.5. The number of benzene rings is 1. The number of amides is 10. The fourth-order valence-corrected chi connectivity index (χ4v) is 10.2. The van der Waals surface area contributed by atoms with Crippen LogP contribution in [0.3, 0.4) is 0 Å². The van der Waals surface area contributed by atoms with Gasteiger partial charge >= 0.3 is 5.97 Å². The quantitative estimate of drug-likeness (QED) is 0.0172. The number of nitrogens with zero attached hydrogens (tertiary/aromatic N) is 4. The average Bonchev–Trinajstić information content (AvgIpc) is 1.69. The van der Waals surface area contributed by atoms with E-state index >= 15 is 0 Å². The number of aliphatic hydroxyl groups is 1. The van der Waals surface area contributed by atoms with Gasteiger partial charge in [-0.2, -0.15) is 0 Å². The molecular weight excluding hydrogens is 1200 g/mol. The first kappa shape index (κ1) is 77.1. The van der Waals surface area contributed by atoms with E-state index in [4.69, 9.17) is 34.4 Å². The number of H-pyrrole nitrogens is 1. The Morgan fingerprint density at radius 3 is 1.63 bits per heavy atom. The molecule has 0 saturated carbocycles. The number of aliphatic imine (C=N–C) groups is 2. The molecule has 33 nitrogen and oxygen atoms in total. The van der Waals surface area contributed by atoms with Gasteiger partial charge in [0, 0.05) is 50.3 Å². The van der Waals surface area contributed by atoms with Crippen molar-refractivity contribution in [2.75, 3.05) is 26.2 Å². The van der Waals surface area contributed by atoms with Crippen LogP contribution >= 0.6 is 0 Å². The van der Waals surface area contributed by atoms with E-state index < -0.39 is 132 Å². The molecule has 11 atom stereocenters. The number of aromatic amines is 1. The Labute approximate surface area is 534 Å². The number of primary amides is 1. The number of imidazole rings is 1. The number of hydrogen-bond acceptors (Lipinski definition) is 17. The molecule has 2 aromatic rings. The summed E-state index contributed by atoms with van der Waals surface area (Å²) in [7, 11) is 0. The number of rotatable bonds is 41. The van der Waals surface area contributed by atoms with Gasteiger partial charge in [0.15, 0.2) is 11.9 Å². The summed E-state index contributed by atoms with van der Waals surface area (Å²) in [6.07, 6.45) is 1.37. The number of carboxylic acids is 1. The van der Waals surface area contributed by atoms with E-state index in [-0.39, 0.29) is 119 Å². The van der Waals surface area contributed by atoms with Crippen LogP contribution in [0.4, 0.5) is 0 Å². The number of phenolic OH excluding ortho intramolecular Hbond substituents is 1. The molecule has 92 heavy (non-hydrogen) atoms. The van der Waals surface area contributed by atoms with Gasteiger partial charge in [0.2, 0.25) is 59.1 Å². The van der Waals surface area contributed by atoms with Gasteiger partial charge in [0.1, 0.15) is 60.1 Å². The first-order valence-corrected chi connectivity index (χ1v) is 30.9. The number of nitrogens with one attached hydrogen (secondary N) is 9. The normalized spacial score (nSPS) is 16.1. The number of aliphatic carboxylic acids is 1. The van der Waals surface area contributed by atoms with E-state index in [2.05, 4.69) is 62.5 Å². The first-order chi connectivity index (χ1) is 43.4. The van der Waals surface area contributed by atoms with Crippen molar-refractivity contribution in [2.24, 2.45) is 62.1 Å². The summed E-state index contributed by atoms with van der Waals surface area (Å²) in [6.45, 7) is 10.8. The van der Waals surface area contributed by atoms with Crippen molar-refractivity contribution in [1.29, 1.82) is 0 Å².